The van der Waals surface area contributed by atoms with Crippen molar-refractivity contribution < 1.29 is 14.1 Å². The molecule has 1 saturated carbocycles. The van der Waals surface area contributed by atoms with Gasteiger partial charge in [-0.25, -0.2) is 0 Å². The summed E-state index contributed by atoms with van der Waals surface area (Å²) in [4.78, 5) is 12.4. The lowest BCUT2D eigenvalue weighted by atomic mass is 9.67. The summed E-state index contributed by atoms with van der Waals surface area (Å²) in [5.41, 5.74) is 0.716. The predicted octanol–water partition coefficient (Wildman–Crippen LogP) is 3.89. The van der Waals surface area contributed by atoms with E-state index in [1.165, 1.54) is 0 Å². The molecule has 1 N–H and O–H groups in total. The summed E-state index contributed by atoms with van der Waals surface area (Å²) in [7, 11) is -0.178. The molecule has 0 aromatic heterocycles. The lowest BCUT2D eigenvalue weighted by molar-refractivity contribution is -0.119. The first-order chi connectivity index (χ1) is 10.9. The number of anilines is 1. The van der Waals surface area contributed by atoms with E-state index in [1.54, 1.807) is 0 Å². The number of benzene rings is 1. The molecule has 1 aromatic carbocycles. The van der Waals surface area contributed by atoms with Crippen molar-refractivity contribution in [2.24, 2.45) is 5.92 Å². The van der Waals surface area contributed by atoms with E-state index in [4.69, 9.17) is 9.31 Å². The zero-order valence-corrected chi connectivity index (χ0v) is 14.2. The Morgan fingerprint density at radius 1 is 1.26 bits per heavy atom. The number of nitrogens with one attached hydrogen (secondary N) is 1. The predicted molar refractivity (Wildman–Crippen MR) is 92.2 cm³/mol. The number of rotatable bonds is 3. The molecule has 1 aliphatic carbocycles. The first-order valence-electron chi connectivity index (χ1n) is 8.62. The van der Waals surface area contributed by atoms with E-state index >= 15 is 0 Å². The van der Waals surface area contributed by atoms with Crippen molar-refractivity contribution in [2.45, 2.75) is 64.0 Å². The molecule has 2 aliphatic rings. The van der Waals surface area contributed by atoms with Crippen LogP contribution in [-0.2, 0) is 14.1 Å². The minimum absolute atomic E-state index is 0.0488. The van der Waals surface area contributed by atoms with Gasteiger partial charge in [0, 0.05) is 17.7 Å². The Balaban J connectivity index is 1.57. The fourth-order valence-electron chi connectivity index (χ4n) is 3.83. The van der Waals surface area contributed by atoms with Crippen LogP contribution in [0.4, 0.5) is 5.69 Å². The number of para-hydroxylation sites is 1. The molecule has 1 aliphatic heterocycles. The molecule has 4 nitrogen and oxygen atoms in total. The second-order valence-electron chi connectivity index (χ2n) is 7.52. The van der Waals surface area contributed by atoms with Gasteiger partial charge in [-0.3, -0.25) is 4.79 Å². The average Bonchev–Trinajstić information content (AvgIpc) is 2.96. The fraction of sp³-hybridized carbons (Fsp3) is 0.611. The van der Waals surface area contributed by atoms with E-state index in [0.717, 1.165) is 31.4 Å². The number of amides is 1. The summed E-state index contributed by atoms with van der Waals surface area (Å²) >= 11 is 0. The maximum absolute atomic E-state index is 12.4. The maximum atomic E-state index is 12.4. The molecule has 1 unspecified atom stereocenters. The molecule has 3 rings (SSSR count). The van der Waals surface area contributed by atoms with Gasteiger partial charge in [0.15, 0.2) is 0 Å². The molecule has 1 saturated heterocycles. The number of hydrogen-bond acceptors (Lipinski definition) is 3. The van der Waals surface area contributed by atoms with E-state index in [0.29, 0.717) is 5.82 Å². The summed E-state index contributed by atoms with van der Waals surface area (Å²) in [6, 6.07) is 9.65. The first-order valence-corrected chi connectivity index (χ1v) is 8.62. The van der Waals surface area contributed by atoms with Crippen molar-refractivity contribution in [3.63, 3.8) is 0 Å². The molecule has 3 atom stereocenters. The van der Waals surface area contributed by atoms with Crippen LogP contribution in [0.15, 0.2) is 30.3 Å². The minimum Gasteiger partial charge on any atom is -0.408 e. The standard InChI is InChI=1S/C18H26BNO3/c1-13-12-18(2,3)23-19(22-13)15-10-9-14(11-15)17(21)20-16-7-5-4-6-8-16/h4-8,13-15H,9-12H2,1-3H3,(H,20,21)/t13?,14-,15+/m1/s1. The van der Waals surface area contributed by atoms with E-state index < -0.39 is 0 Å². The van der Waals surface area contributed by atoms with Crippen LogP contribution >= 0.6 is 0 Å². The van der Waals surface area contributed by atoms with Crippen molar-refractivity contribution in [2.75, 3.05) is 5.32 Å². The van der Waals surface area contributed by atoms with E-state index in [-0.39, 0.29) is 30.6 Å². The topological polar surface area (TPSA) is 47.6 Å². The number of carbonyl (C=O) groups excluding carboxylic acids is 1. The third-order valence-corrected chi connectivity index (χ3v) is 4.85. The third kappa shape index (κ3) is 4.15. The second kappa shape index (κ2) is 6.66. The lowest BCUT2D eigenvalue weighted by Gasteiger charge is -2.40. The Kier molecular flexibility index (Phi) is 4.78. The summed E-state index contributed by atoms with van der Waals surface area (Å²) < 4.78 is 12.1. The van der Waals surface area contributed by atoms with Gasteiger partial charge in [0.2, 0.25) is 5.91 Å². The van der Waals surface area contributed by atoms with Gasteiger partial charge in [0.1, 0.15) is 0 Å². The van der Waals surface area contributed by atoms with Crippen LogP contribution < -0.4 is 5.32 Å². The molecular formula is C18H26BNO3. The van der Waals surface area contributed by atoms with Gasteiger partial charge in [0.25, 0.3) is 0 Å². The Morgan fingerprint density at radius 2 is 2.00 bits per heavy atom. The summed E-state index contributed by atoms with van der Waals surface area (Å²) in [5.74, 6) is 0.470. The SMILES string of the molecule is CC1CC(C)(C)OB([C@H]2CC[C@@H](C(=O)Nc3ccccc3)C2)O1. The zero-order valence-electron chi connectivity index (χ0n) is 14.2. The molecule has 0 bridgehead atoms. The fourth-order valence-corrected chi connectivity index (χ4v) is 3.83. The van der Waals surface area contributed by atoms with Crippen molar-refractivity contribution in [1.29, 1.82) is 0 Å². The van der Waals surface area contributed by atoms with Crippen LogP contribution in [0.5, 0.6) is 0 Å². The van der Waals surface area contributed by atoms with E-state index in [1.807, 2.05) is 30.3 Å². The van der Waals surface area contributed by atoms with Crippen LogP contribution in [0.3, 0.4) is 0 Å². The number of hydrogen-bond donors (Lipinski definition) is 1. The van der Waals surface area contributed by atoms with Gasteiger partial charge in [0.05, 0.1) is 5.60 Å². The van der Waals surface area contributed by atoms with Crippen molar-refractivity contribution in [3.8, 4) is 0 Å². The largest absolute Gasteiger partial charge is 0.460 e. The van der Waals surface area contributed by atoms with Crippen molar-refractivity contribution in [1.82, 2.24) is 0 Å². The molecule has 0 radical (unpaired) electrons. The highest BCUT2D eigenvalue weighted by Gasteiger charge is 2.45. The van der Waals surface area contributed by atoms with E-state index in [2.05, 4.69) is 26.1 Å². The molecule has 1 aromatic rings. The highest BCUT2D eigenvalue weighted by atomic mass is 16.6. The molecule has 23 heavy (non-hydrogen) atoms. The summed E-state index contributed by atoms with van der Waals surface area (Å²) in [5, 5.41) is 3.01. The van der Waals surface area contributed by atoms with Crippen LogP contribution in [0.1, 0.15) is 46.5 Å². The quantitative estimate of drug-likeness (QED) is 0.861. The highest BCUT2D eigenvalue weighted by molar-refractivity contribution is 6.47. The van der Waals surface area contributed by atoms with Crippen LogP contribution in [0.2, 0.25) is 5.82 Å². The monoisotopic (exact) mass is 315 g/mol. The average molecular weight is 315 g/mol. The summed E-state index contributed by atoms with van der Waals surface area (Å²) in [6.07, 6.45) is 3.85. The zero-order chi connectivity index (χ0) is 16.4. The second-order valence-corrected chi connectivity index (χ2v) is 7.52. The smallest absolute Gasteiger partial charge is 0.408 e. The first kappa shape index (κ1) is 16.5. The minimum atomic E-state index is -0.178. The van der Waals surface area contributed by atoms with Crippen molar-refractivity contribution in [3.05, 3.63) is 30.3 Å². The Labute approximate surface area is 139 Å². The Bertz CT molecular complexity index is 548. The molecule has 1 heterocycles. The third-order valence-electron chi connectivity index (χ3n) is 4.85. The highest BCUT2D eigenvalue weighted by Crippen LogP contribution is 2.42. The van der Waals surface area contributed by atoms with Crippen LogP contribution in [0, 0.1) is 5.92 Å². The molecule has 1 amide bonds. The van der Waals surface area contributed by atoms with Crippen LogP contribution in [-0.4, -0.2) is 24.7 Å². The molecule has 124 valence electrons. The Hall–Kier alpha value is -1.33. The van der Waals surface area contributed by atoms with Gasteiger partial charge >= 0.3 is 7.12 Å². The maximum Gasteiger partial charge on any atom is 0.460 e. The van der Waals surface area contributed by atoms with Gasteiger partial charge in [-0.05, 0) is 58.0 Å². The summed E-state index contributed by atoms with van der Waals surface area (Å²) in [6.45, 7) is 6.34. The van der Waals surface area contributed by atoms with Crippen LogP contribution in [0.25, 0.3) is 0 Å². The van der Waals surface area contributed by atoms with Gasteiger partial charge in [-0.15, -0.1) is 0 Å². The van der Waals surface area contributed by atoms with Crippen molar-refractivity contribution >= 4 is 18.7 Å². The Morgan fingerprint density at radius 3 is 2.70 bits per heavy atom. The molecular weight excluding hydrogens is 289 g/mol. The van der Waals surface area contributed by atoms with Gasteiger partial charge < -0.3 is 14.6 Å². The molecule has 2 fully saturated rings. The van der Waals surface area contributed by atoms with Gasteiger partial charge in [-0.1, -0.05) is 24.6 Å². The lowest BCUT2D eigenvalue weighted by Crippen LogP contribution is -2.47. The van der Waals surface area contributed by atoms with E-state index in [9.17, 15) is 4.79 Å². The normalized spacial score (nSPS) is 30.2. The number of carbonyl (C=O) groups is 1. The van der Waals surface area contributed by atoms with Gasteiger partial charge in [-0.2, -0.15) is 0 Å². The molecule has 0 spiro atoms. The molecule has 5 heteroatoms.